The van der Waals surface area contributed by atoms with Crippen molar-refractivity contribution in [3.8, 4) is 5.88 Å². The molecular weight excluding hydrogens is 350 g/mol. The van der Waals surface area contributed by atoms with Crippen LogP contribution in [-0.2, 0) is 20.8 Å². The molecule has 2 aliphatic heterocycles. The van der Waals surface area contributed by atoms with Crippen molar-refractivity contribution >= 4 is 5.91 Å². The summed E-state index contributed by atoms with van der Waals surface area (Å²) in [6.45, 7) is 3.75. The second-order valence-electron chi connectivity index (χ2n) is 7.02. The maximum absolute atomic E-state index is 11.8. The molecule has 0 saturated carbocycles. The van der Waals surface area contributed by atoms with Crippen molar-refractivity contribution in [3.05, 3.63) is 23.9 Å². The summed E-state index contributed by atoms with van der Waals surface area (Å²) in [7, 11) is 1.59. The number of rotatable bonds is 9. The molecule has 0 unspecified atom stereocenters. The van der Waals surface area contributed by atoms with Crippen LogP contribution in [-0.4, -0.2) is 66.7 Å². The minimum Gasteiger partial charge on any atom is -0.481 e. The molecule has 8 nitrogen and oxygen atoms in total. The molecule has 2 saturated heterocycles. The predicted molar refractivity (Wildman–Crippen MR) is 98.4 cm³/mol. The first kappa shape index (κ1) is 20.0. The molecule has 1 aromatic heterocycles. The van der Waals surface area contributed by atoms with Crippen molar-refractivity contribution < 1.29 is 24.1 Å². The SMILES string of the molecule is CCCNC(=O)C[C@@H]1C[C@H]2O[C@H](CNCc3cccnc3OC)[C@@H](O)[C@H]2O1. The highest BCUT2D eigenvalue weighted by atomic mass is 16.6. The van der Waals surface area contributed by atoms with Gasteiger partial charge < -0.3 is 30.0 Å². The Morgan fingerprint density at radius 1 is 1.44 bits per heavy atom. The third kappa shape index (κ3) is 4.95. The summed E-state index contributed by atoms with van der Waals surface area (Å²) >= 11 is 0. The van der Waals surface area contributed by atoms with E-state index >= 15 is 0 Å². The first-order chi connectivity index (χ1) is 13.1. The Morgan fingerprint density at radius 3 is 3.04 bits per heavy atom. The molecule has 27 heavy (non-hydrogen) atoms. The molecule has 0 aliphatic carbocycles. The standard InChI is InChI=1S/C19H29N3O5/c1-3-6-21-16(23)9-13-8-14-18(26-13)17(24)15(27-14)11-20-10-12-5-4-7-22-19(12)25-2/h4-5,7,13-15,17-18,20,24H,3,6,8-11H2,1-2H3,(H,21,23)/t13-,14+,15+,17+,18-/m0/s1. The molecule has 0 spiro atoms. The summed E-state index contributed by atoms with van der Waals surface area (Å²) in [5.41, 5.74) is 0.946. The minimum absolute atomic E-state index is 0.0139. The highest BCUT2D eigenvalue weighted by Crippen LogP contribution is 2.35. The summed E-state index contributed by atoms with van der Waals surface area (Å²) in [5.74, 6) is 0.572. The van der Waals surface area contributed by atoms with Crippen molar-refractivity contribution in [1.29, 1.82) is 0 Å². The van der Waals surface area contributed by atoms with E-state index in [0.717, 1.165) is 12.0 Å². The fraction of sp³-hybridized carbons (Fsp3) is 0.684. The lowest BCUT2D eigenvalue weighted by atomic mass is 10.1. The number of aliphatic hydroxyl groups excluding tert-OH is 1. The Kier molecular flexibility index (Phi) is 7.01. The molecule has 1 amide bonds. The van der Waals surface area contributed by atoms with Crippen LogP contribution < -0.4 is 15.4 Å². The highest BCUT2D eigenvalue weighted by molar-refractivity contribution is 5.76. The van der Waals surface area contributed by atoms with Crippen molar-refractivity contribution in [1.82, 2.24) is 15.6 Å². The van der Waals surface area contributed by atoms with E-state index in [-0.39, 0.29) is 30.3 Å². The zero-order chi connectivity index (χ0) is 19.2. The van der Waals surface area contributed by atoms with Crippen molar-refractivity contribution in [2.45, 2.75) is 63.3 Å². The number of amides is 1. The maximum atomic E-state index is 11.8. The summed E-state index contributed by atoms with van der Waals surface area (Å²) in [6.07, 6.45) is 1.77. The van der Waals surface area contributed by atoms with E-state index in [1.165, 1.54) is 0 Å². The van der Waals surface area contributed by atoms with E-state index in [1.54, 1.807) is 13.3 Å². The fourth-order valence-electron chi connectivity index (χ4n) is 3.64. The van der Waals surface area contributed by atoms with Crippen LogP contribution in [0.25, 0.3) is 0 Å². The lowest BCUT2D eigenvalue weighted by molar-refractivity contribution is -0.124. The van der Waals surface area contributed by atoms with Gasteiger partial charge in [-0.05, 0) is 12.5 Å². The second-order valence-corrected chi connectivity index (χ2v) is 7.02. The number of methoxy groups -OCH3 is 1. The molecule has 2 fully saturated rings. The lowest BCUT2D eigenvalue weighted by Crippen LogP contribution is -2.39. The van der Waals surface area contributed by atoms with Crippen LogP contribution in [0.5, 0.6) is 5.88 Å². The van der Waals surface area contributed by atoms with Gasteiger partial charge in [-0.15, -0.1) is 0 Å². The molecule has 150 valence electrons. The molecule has 8 heteroatoms. The third-order valence-corrected chi connectivity index (χ3v) is 4.97. The van der Waals surface area contributed by atoms with Crippen molar-refractivity contribution in [2.24, 2.45) is 0 Å². The van der Waals surface area contributed by atoms with Gasteiger partial charge in [-0.25, -0.2) is 4.98 Å². The van der Waals surface area contributed by atoms with E-state index < -0.39 is 6.10 Å². The molecule has 0 radical (unpaired) electrons. The van der Waals surface area contributed by atoms with E-state index in [4.69, 9.17) is 14.2 Å². The van der Waals surface area contributed by atoms with Gasteiger partial charge in [0.2, 0.25) is 11.8 Å². The number of ether oxygens (including phenoxy) is 3. The van der Waals surface area contributed by atoms with E-state index in [9.17, 15) is 9.90 Å². The van der Waals surface area contributed by atoms with Crippen LogP contribution in [0.15, 0.2) is 18.3 Å². The molecule has 3 rings (SSSR count). The highest BCUT2D eigenvalue weighted by Gasteiger charge is 2.50. The summed E-state index contributed by atoms with van der Waals surface area (Å²) in [5, 5.41) is 16.7. The average Bonchev–Trinajstić information content (AvgIpc) is 3.19. The zero-order valence-electron chi connectivity index (χ0n) is 15.9. The first-order valence-corrected chi connectivity index (χ1v) is 9.56. The van der Waals surface area contributed by atoms with Crippen LogP contribution in [0.1, 0.15) is 31.7 Å². The Morgan fingerprint density at radius 2 is 2.30 bits per heavy atom. The lowest BCUT2D eigenvalue weighted by Gasteiger charge is -2.20. The third-order valence-electron chi connectivity index (χ3n) is 4.97. The van der Waals surface area contributed by atoms with Crippen LogP contribution in [0.4, 0.5) is 0 Å². The monoisotopic (exact) mass is 379 g/mol. The van der Waals surface area contributed by atoms with Crippen LogP contribution in [0.3, 0.4) is 0 Å². The van der Waals surface area contributed by atoms with Crippen molar-refractivity contribution in [2.75, 3.05) is 20.2 Å². The molecule has 3 N–H and O–H groups in total. The Bertz CT molecular complexity index is 629. The summed E-state index contributed by atoms with van der Waals surface area (Å²) in [6, 6.07) is 3.80. The van der Waals surface area contributed by atoms with Gasteiger partial charge in [0.1, 0.15) is 12.2 Å². The van der Waals surface area contributed by atoms with Gasteiger partial charge in [-0.2, -0.15) is 0 Å². The van der Waals surface area contributed by atoms with E-state index in [1.807, 2.05) is 19.1 Å². The molecule has 5 atom stereocenters. The van der Waals surface area contributed by atoms with E-state index in [0.29, 0.717) is 38.4 Å². The molecular formula is C19H29N3O5. The molecule has 0 aromatic carbocycles. The van der Waals surface area contributed by atoms with Gasteiger partial charge in [-0.1, -0.05) is 13.0 Å². The van der Waals surface area contributed by atoms with Gasteiger partial charge in [0, 0.05) is 37.8 Å². The van der Waals surface area contributed by atoms with Gasteiger partial charge in [0.05, 0.1) is 31.8 Å². The smallest absolute Gasteiger partial charge is 0.222 e. The Balaban J connectivity index is 1.43. The molecule has 2 aliphatic rings. The Labute approximate surface area is 159 Å². The fourth-order valence-corrected chi connectivity index (χ4v) is 3.64. The number of nitrogens with one attached hydrogen (secondary N) is 2. The summed E-state index contributed by atoms with van der Waals surface area (Å²) < 4.78 is 17.1. The zero-order valence-corrected chi connectivity index (χ0v) is 15.9. The topological polar surface area (TPSA) is 102 Å². The van der Waals surface area contributed by atoms with Gasteiger partial charge in [0.15, 0.2) is 0 Å². The number of aromatic nitrogens is 1. The van der Waals surface area contributed by atoms with Crippen LogP contribution in [0.2, 0.25) is 0 Å². The van der Waals surface area contributed by atoms with Crippen LogP contribution in [0, 0.1) is 0 Å². The van der Waals surface area contributed by atoms with Crippen molar-refractivity contribution in [3.63, 3.8) is 0 Å². The number of fused-ring (bicyclic) bond motifs is 1. The average molecular weight is 379 g/mol. The minimum atomic E-state index is -0.706. The van der Waals surface area contributed by atoms with E-state index in [2.05, 4.69) is 15.6 Å². The number of carbonyl (C=O) groups excluding carboxylic acids is 1. The number of carbonyl (C=O) groups is 1. The van der Waals surface area contributed by atoms with Gasteiger partial charge in [0.25, 0.3) is 0 Å². The first-order valence-electron chi connectivity index (χ1n) is 9.56. The molecule has 0 bridgehead atoms. The largest absolute Gasteiger partial charge is 0.481 e. The number of aliphatic hydroxyl groups is 1. The van der Waals surface area contributed by atoms with Gasteiger partial charge >= 0.3 is 0 Å². The summed E-state index contributed by atoms with van der Waals surface area (Å²) in [4.78, 5) is 16.0. The van der Waals surface area contributed by atoms with Gasteiger partial charge in [-0.3, -0.25) is 4.79 Å². The quantitative estimate of drug-likeness (QED) is 0.570. The predicted octanol–water partition coefficient (Wildman–Crippen LogP) is 0.382. The second kappa shape index (κ2) is 9.45. The number of hydrogen-bond acceptors (Lipinski definition) is 7. The maximum Gasteiger partial charge on any atom is 0.222 e. The normalized spacial score (nSPS) is 29.5. The van der Waals surface area contributed by atoms with Crippen LogP contribution >= 0.6 is 0 Å². The Hall–Kier alpha value is -1.74. The number of pyridine rings is 1. The molecule has 3 heterocycles. The number of hydrogen-bond donors (Lipinski definition) is 3. The number of nitrogens with zero attached hydrogens (tertiary/aromatic N) is 1. The molecule has 1 aromatic rings.